The van der Waals surface area contributed by atoms with Crippen LogP contribution in [0.15, 0.2) is 46.9 Å². The molecule has 0 saturated carbocycles. The third kappa shape index (κ3) is 5.00. The molecular formula is C19H19BrO5. The van der Waals surface area contributed by atoms with Crippen LogP contribution in [0.3, 0.4) is 0 Å². The third-order valence-electron chi connectivity index (χ3n) is 3.46. The summed E-state index contributed by atoms with van der Waals surface area (Å²) < 4.78 is 21.8. The van der Waals surface area contributed by atoms with Gasteiger partial charge in [-0.2, -0.15) is 0 Å². The first-order valence-corrected chi connectivity index (χ1v) is 8.26. The summed E-state index contributed by atoms with van der Waals surface area (Å²) >= 11 is 3.43. The molecule has 2 rings (SSSR count). The second-order valence-electron chi connectivity index (χ2n) is 4.98. The second-order valence-corrected chi connectivity index (χ2v) is 5.84. The Bertz CT molecular complexity index is 770. The van der Waals surface area contributed by atoms with E-state index >= 15 is 0 Å². The number of ether oxygens (including phenoxy) is 4. The van der Waals surface area contributed by atoms with Crippen molar-refractivity contribution < 1.29 is 23.7 Å². The molecule has 0 unspecified atom stereocenters. The van der Waals surface area contributed by atoms with Gasteiger partial charge in [0, 0.05) is 21.7 Å². The van der Waals surface area contributed by atoms with Crippen LogP contribution in [-0.2, 0) is 16.1 Å². The molecule has 0 aliphatic heterocycles. The van der Waals surface area contributed by atoms with Gasteiger partial charge >= 0.3 is 5.97 Å². The molecule has 0 aromatic heterocycles. The van der Waals surface area contributed by atoms with Crippen molar-refractivity contribution in [3.8, 4) is 17.2 Å². The van der Waals surface area contributed by atoms with E-state index in [1.165, 1.54) is 6.08 Å². The largest absolute Gasteiger partial charge is 0.496 e. The maximum absolute atomic E-state index is 12.0. The first-order valence-electron chi connectivity index (χ1n) is 7.47. The molecule has 0 bridgehead atoms. The Balaban J connectivity index is 2.04. The van der Waals surface area contributed by atoms with Gasteiger partial charge in [0.1, 0.15) is 12.4 Å². The van der Waals surface area contributed by atoms with Crippen LogP contribution in [-0.4, -0.2) is 27.3 Å². The number of para-hydroxylation sites is 1. The number of esters is 1. The van der Waals surface area contributed by atoms with E-state index < -0.39 is 5.97 Å². The van der Waals surface area contributed by atoms with Crippen molar-refractivity contribution in [2.24, 2.45) is 0 Å². The number of hydrogen-bond acceptors (Lipinski definition) is 5. The van der Waals surface area contributed by atoms with Gasteiger partial charge in [0.15, 0.2) is 11.5 Å². The van der Waals surface area contributed by atoms with E-state index in [0.717, 1.165) is 15.6 Å². The van der Waals surface area contributed by atoms with Gasteiger partial charge in [-0.15, -0.1) is 0 Å². The van der Waals surface area contributed by atoms with Crippen LogP contribution in [0.1, 0.15) is 11.1 Å². The summed E-state index contributed by atoms with van der Waals surface area (Å²) in [5, 5.41) is 0. The zero-order valence-corrected chi connectivity index (χ0v) is 15.8. The zero-order chi connectivity index (χ0) is 18.2. The maximum Gasteiger partial charge on any atom is 0.331 e. The van der Waals surface area contributed by atoms with E-state index in [9.17, 15) is 4.79 Å². The van der Waals surface area contributed by atoms with Gasteiger partial charge in [-0.05, 0) is 24.3 Å². The van der Waals surface area contributed by atoms with Crippen LogP contribution < -0.4 is 14.2 Å². The normalized spacial score (nSPS) is 10.6. The Labute approximate surface area is 155 Å². The predicted molar refractivity (Wildman–Crippen MR) is 99.1 cm³/mol. The quantitative estimate of drug-likeness (QED) is 0.508. The smallest absolute Gasteiger partial charge is 0.331 e. The van der Waals surface area contributed by atoms with Crippen molar-refractivity contribution in [3.63, 3.8) is 0 Å². The second kappa shape index (κ2) is 9.13. The number of benzene rings is 2. The van der Waals surface area contributed by atoms with E-state index in [0.29, 0.717) is 17.2 Å². The fourth-order valence-corrected chi connectivity index (χ4v) is 2.60. The van der Waals surface area contributed by atoms with Gasteiger partial charge in [0.05, 0.1) is 21.3 Å². The molecule has 0 fully saturated rings. The van der Waals surface area contributed by atoms with Crippen LogP contribution in [0.25, 0.3) is 6.08 Å². The Morgan fingerprint density at radius 3 is 2.32 bits per heavy atom. The molecule has 5 nitrogen and oxygen atoms in total. The molecule has 132 valence electrons. The Morgan fingerprint density at radius 2 is 1.64 bits per heavy atom. The van der Waals surface area contributed by atoms with Gasteiger partial charge in [-0.1, -0.05) is 34.1 Å². The Morgan fingerprint density at radius 1 is 1.00 bits per heavy atom. The minimum Gasteiger partial charge on any atom is -0.496 e. The summed E-state index contributed by atoms with van der Waals surface area (Å²) in [5.41, 5.74) is 1.57. The minimum atomic E-state index is -0.451. The van der Waals surface area contributed by atoms with E-state index in [-0.39, 0.29) is 6.61 Å². The molecule has 0 atom stereocenters. The topological polar surface area (TPSA) is 54.0 Å². The molecule has 2 aromatic carbocycles. The number of carbonyl (C=O) groups excluding carboxylic acids is 1. The van der Waals surface area contributed by atoms with E-state index in [2.05, 4.69) is 15.9 Å². The lowest BCUT2D eigenvalue weighted by Crippen LogP contribution is -2.02. The molecule has 0 amide bonds. The van der Waals surface area contributed by atoms with Crippen molar-refractivity contribution in [3.05, 3.63) is 58.1 Å². The lowest BCUT2D eigenvalue weighted by Gasteiger charge is -2.11. The minimum absolute atomic E-state index is 0.107. The molecule has 0 saturated heterocycles. The molecule has 2 aromatic rings. The van der Waals surface area contributed by atoms with Crippen molar-refractivity contribution in [1.82, 2.24) is 0 Å². The van der Waals surface area contributed by atoms with Crippen molar-refractivity contribution in [1.29, 1.82) is 0 Å². The summed E-state index contributed by atoms with van der Waals surface area (Å²) in [6.45, 7) is 0.107. The lowest BCUT2D eigenvalue weighted by atomic mass is 10.2. The summed E-state index contributed by atoms with van der Waals surface area (Å²) in [6.07, 6.45) is 3.03. The standard InChI is InChI=1S/C19H19BrO5/c1-22-16-7-5-4-6-13(16)8-9-19(21)25-12-14-10-17(23-2)18(24-3)11-15(14)20/h4-11H,12H2,1-3H3/b9-8+. The first kappa shape index (κ1) is 18.9. The highest BCUT2D eigenvalue weighted by molar-refractivity contribution is 9.10. The van der Waals surface area contributed by atoms with E-state index in [4.69, 9.17) is 18.9 Å². The first-order chi connectivity index (χ1) is 12.1. The average Bonchev–Trinajstić information content (AvgIpc) is 2.65. The molecule has 0 heterocycles. The van der Waals surface area contributed by atoms with Crippen LogP contribution in [0.2, 0.25) is 0 Å². The average molecular weight is 407 g/mol. The highest BCUT2D eigenvalue weighted by atomic mass is 79.9. The SMILES string of the molecule is COc1ccccc1/C=C/C(=O)OCc1cc(OC)c(OC)cc1Br. The molecule has 0 N–H and O–H groups in total. The van der Waals surface area contributed by atoms with Crippen molar-refractivity contribution >= 4 is 28.0 Å². The predicted octanol–water partition coefficient (Wildman–Crippen LogP) is 4.23. The third-order valence-corrected chi connectivity index (χ3v) is 4.20. The molecule has 6 heteroatoms. The monoisotopic (exact) mass is 406 g/mol. The fourth-order valence-electron chi connectivity index (χ4n) is 2.17. The van der Waals surface area contributed by atoms with Gasteiger partial charge < -0.3 is 18.9 Å². The summed E-state index contributed by atoms with van der Waals surface area (Å²) in [4.78, 5) is 12.0. The summed E-state index contributed by atoms with van der Waals surface area (Å²) in [5.74, 6) is 1.41. The zero-order valence-electron chi connectivity index (χ0n) is 14.2. The number of carbonyl (C=O) groups is 1. The van der Waals surface area contributed by atoms with Gasteiger partial charge in [-0.25, -0.2) is 4.79 Å². The van der Waals surface area contributed by atoms with E-state index in [1.54, 1.807) is 39.5 Å². The molecule has 0 spiro atoms. The number of halogens is 1. The molecule has 0 radical (unpaired) electrons. The van der Waals surface area contributed by atoms with Gasteiger partial charge in [0.2, 0.25) is 0 Å². The van der Waals surface area contributed by atoms with Gasteiger partial charge in [-0.3, -0.25) is 0 Å². The highest BCUT2D eigenvalue weighted by Gasteiger charge is 2.11. The van der Waals surface area contributed by atoms with Crippen LogP contribution in [0.5, 0.6) is 17.2 Å². The maximum atomic E-state index is 12.0. The molecule has 25 heavy (non-hydrogen) atoms. The Hall–Kier alpha value is -2.47. The summed E-state index contributed by atoms with van der Waals surface area (Å²) in [7, 11) is 4.70. The van der Waals surface area contributed by atoms with Gasteiger partial charge in [0.25, 0.3) is 0 Å². The number of rotatable bonds is 7. The van der Waals surface area contributed by atoms with Crippen LogP contribution in [0.4, 0.5) is 0 Å². The molecule has 0 aliphatic rings. The lowest BCUT2D eigenvalue weighted by molar-refractivity contribution is -0.138. The highest BCUT2D eigenvalue weighted by Crippen LogP contribution is 2.33. The molecule has 0 aliphatic carbocycles. The fraction of sp³-hybridized carbons (Fsp3) is 0.211. The Kier molecular flexibility index (Phi) is 6.89. The van der Waals surface area contributed by atoms with Crippen LogP contribution >= 0.6 is 15.9 Å². The number of hydrogen-bond donors (Lipinski definition) is 0. The van der Waals surface area contributed by atoms with E-state index in [1.807, 2.05) is 24.3 Å². The van der Waals surface area contributed by atoms with Crippen molar-refractivity contribution in [2.75, 3.05) is 21.3 Å². The number of methoxy groups -OCH3 is 3. The van der Waals surface area contributed by atoms with Crippen molar-refractivity contribution in [2.45, 2.75) is 6.61 Å². The molecular weight excluding hydrogens is 388 g/mol. The van der Waals surface area contributed by atoms with Crippen LogP contribution in [0, 0.1) is 0 Å². The summed E-state index contributed by atoms with van der Waals surface area (Å²) in [6, 6.07) is 10.9.